The van der Waals surface area contributed by atoms with Gasteiger partial charge in [-0.15, -0.1) is 10.2 Å². The Labute approximate surface area is 91.2 Å². The van der Waals surface area contributed by atoms with Crippen LogP contribution < -0.4 is 0 Å². The van der Waals surface area contributed by atoms with Gasteiger partial charge in [-0.1, -0.05) is 33.3 Å². The molecule has 0 saturated carbocycles. The van der Waals surface area contributed by atoms with Crippen molar-refractivity contribution in [2.45, 2.75) is 40.5 Å². The third-order valence-electron chi connectivity index (χ3n) is 2.18. The lowest BCUT2D eigenvalue weighted by molar-refractivity contribution is 0.842. The van der Waals surface area contributed by atoms with E-state index in [4.69, 9.17) is 0 Å². The molecule has 0 bridgehead atoms. The van der Waals surface area contributed by atoms with Crippen LogP contribution in [0, 0.1) is 6.92 Å². The molecular weight excluding hydrogens is 186 g/mol. The molecule has 82 valence electrons. The molecule has 0 saturated heterocycles. The van der Waals surface area contributed by atoms with Crippen molar-refractivity contribution in [2.24, 2.45) is 0 Å². The fraction of sp³-hybridized carbons (Fsp3) is 0.500. The Hall–Kier alpha value is -1.38. The average molecular weight is 205 g/mol. The first-order valence-electron chi connectivity index (χ1n) is 5.62. The van der Waals surface area contributed by atoms with Gasteiger partial charge in [0.25, 0.3) is 0 Å². The minimum absolute atomic E-state index is 0.948. The number of pyridine rings is 1. The van der Waals surface area contributed by atoms with Crippen molar-refractivity contribution in [3.05, 3.63) is 29.7 Å². The SMILES string of the molecule is CC.CCCc1cccc2nnc(C)n12. The Bertz CT molecular complexity index is 418. The molecule has 0 fully saturated rings. The number of fused-ring (bicyclic) bond motifs is 1. The van der Waals surface area contributed by atoms with Crippen LogP contribution in [0.2, 0.25) is 0 Å². The maximum Gasteiger partial charge on any atom is 0.160 e. The zero-order valence-electron chi connectivity index (χ0n) is 9.99. The van der Waals surface area contributed by atoms with Gasteiger partial charge in [0.1, 0.15) is 5.82 Å². The zero-order chi connectivity index (χ0) is 11.3. The van der Waals surface area contributed by atoms with Crippen LogP contribution in [0.15, 0.2) is 18.2 Å². The van der Waals surface area contributed by atoms with Crippen molar-refractivity contribution in [2.75, 3.05) is 0 Å². The van der Waals surface area contributed by atoms with E-state index in [1.165, 1.54) is 5.69 Å². The van der Waals surface area contributed by atoms with E-state index in [0.29, 0.717) is 0 Å². The maximum absolute atomic E-state index is 4.07. The molecular formula is C12H19N3. The monoisotopic (exact) mass is 205 g/mol. The molecule has 0 N–H and O–H groups in total. The first-order valence-corrected chi connectivity index (χ1v) is 5.62. The number of aromatic nitrogens is 3. The highest BCUT2D eigenvalue weighted by Crippen LogP contribution is 2.09. The first-order chi connectivity index (χ1) is 7.33. The van der Waals surface area contributed by atoms with Crippen LogP contribution in [0.5, 0.6) is 0 Å². The smallest absolute Gasteiger partial charge is 0.160 e. The predicted octanol–water partition coefficient (Wildman–Crippen LogP) is 3.02. The molecule has 0 radical (unpaired) electrons. The van der Waals surface area contributed by atoms with Crippen LogP contribution >= 0.6 is 0 Å². The molecule has 2 rings (SSSR count). The van der Waals surface area contributed by atoms with Gasteiger partial charge in [-0.25, -0.2) is 0 Å². The summed E-state index contributed by atoms with van der Waals surface area (Å²) < 4.78 is 2.11. The Morgan fingerprint density at radius 1 is 1.20 bits per heavy atom. The van der Waals surface area contributed by atoms with E-state index in [0.717, 1.165) is 24.3 Å². The fourth-order valence-corrected chi connectivity index (χ4v) is 1.61. The second kappa shape index (κ2) is 5.49. The lowest BCUT2D eigenvalue weighted by Crippen LogP contribution is -1.97. The van der Waals surface area contributed by atoms with Crippen molar-refractivity contribution in [1.82, 2.24) is 14.6 Å². The minimum Gasteiger partial charge on any atom is -0.284 e. The Morgan fingerprint density at radius 2 is 1.93 bits per heavy atom. The van der Waals surface area contributed by atoms with Gasteiger partial charge in [0.15, 0.2) is 5.65 Å². The Balaban J connectivity index is 0.000000531. The van der Waals surface area contributed by atoms with Gasteiger partial charge in [-0.3, -0.25) is 4.40 Å². The molecule has 2 heterocycles. The highest BCUT2D eigenvalue weighted by molar-refractivity contribution is 5.39. The molecule has 2 aromatic heterocycles. The fourth-order valence-electron chi connectivity index (χ4n) is 1.61. The lowest BCUT2D eigenvalue weighted by Gasteiger charge is -2.03. The quantitative estimate of drug-likeness (QED) is 0.754. The summed E-state index contributed by atoms with van der Waals surface area (Å²) in [6.45, 7) is 8.16. The number of aryl methyl sites for hydroxylation is 2. The van der Waals surface area contributed by atoms with Gasteiger partial charge < -0.3 is 0 Å². The highest BCUT2D eigenvalue weighted by Gasteiger charge is 2.03. The van der Waals surface area contributed by atoms with E-state index in [-0.39, 0.29) is 0 Å². The Morgan fingerprint density at radius 3 is 2.60 bits per heavy atom. The number of rotatable bonds is 2. The summed E-state index contributed by atoms with van der Waals surface area (Å²) in [7, 11) is 0. The summed E-state index contributed by atoms with van der Waals surface area (Å²) in [5.41, 5.74) is 2.24. The molecule has 0 aromatic carbocycles. The minimum atomic E-state index is 0.948. The summed E-state index contributed by atoms with van der Waals surface area (Å²) in [5.74, 6) is 0.971. The van der Waals surface area contributed by atoms with Gasteiger partial charge in [-0.2, -0.15) is 0 Å². The highest BCUT2D eigenvalue weighted by atomic mass is 15.2. The molecule has 0 spiro atoms. The second-order valence-electron chi connectivity index (χ2n) is 3.21. The average Bonchev–Trinajstić information content (AvgIpc) is 2.65. The number of nitrogens with zero attached hydrogens (tertiary/aromatic N) is 3. The van der Waals surface area contributed by atoms with Crippen LogP contribution in [0.1, 0.15) is 38.7 Å². The molecule has 0 amide bonds. The van der Waals surface area contributed by atoms with Crippen LogP contribution in [0.4, 0.5) is 0 Å². The number of hydrogen-bond acceptors (Lipinski definition) is 2. The predicted molar refractivity (Wildman–Crippen MR) is 63.1 cm³/mol. The number of hydrogen-bond donors (Lipinski definition) is 0. The summed E-state index contributed by atoms with van der Waals surface area (Å²) in [6.07, 6.45) is 2.23. The lowest BCUT2D eigenvalue weighted by atomic mass is 10.2. The van der Waals surface area contributed by atoms with E-state index in [1.807, 2.05) is 32.9 Å². The molecule has 0 aliphatic heterocycles. The van der Waals surface area contributed by atoms with Crippen molar-refractivity contribution >= 4 is 5.65 Å². The summed E-state index contributed by atoms with van der Waals surface area (Å²) in [6, 6.07) is 6.15. The van der Waals surface area contributed by atoms with Crippen molar-refractivity contribution < 1.29 is 0 Å². The molecule has 3 nitrogen and oxygen atoms in total. The third-order valence-corrected chi connectivity index (χ3v) is 2.18. The molecule has 2 aromatic rings. The second-order valence-corrected chi connectivity index (χ2v) is 3.21. The van der Waals surface area contributed by atoms with Gasteiger partial charge in [0.05, 0.1) is 0 Å². The van der Waals surface area contributed by atoms with Gasteiger partial charge >= 0.3 is 0 Å². The molecule has 0 aliphatic carbocycles. The largest absolute Gasteiger partial charge is 0.284 e. The first kappa shape index (κ1) is 11.7. The van der Waals surface area contributed by atoms with Gasteiger partial charge in [-0.05, 0) is 25.5 Å². The van der Waals surface area contributed by atoms with Crippen molar-refractivity contribution in [1.29, 1.82) is 0 Å². The maximum atomic E-state index is 4.07. The van der Waals surface area contributed by atoms with Gasteiger partial charge in [0.2, 0.25) is 0 Å². The molecule has 3 heteroatoms. The van der Waals surface area contributed by atoms with Crippen LogP contribution in [0.25, 0.3) is 5.65 Å². The van der Waals surface area contributed by atoms with E-state index < -0.39 is 0 Å². The van der Waals surface area contributed by atoms with Crippen molar-refractivity contribution in [3.8, 4) is 0 Å². The normalized spacial score (nSPS) is 9.87. The summed E-state index contributed by atoms with van der Waals surface area (Å²) >= 11 is 0. The van der Waals surface area contributed by atoms with E-state index >= 15 is 0 Å². The van der Waals surface area contributed by atoms with Gasteiger partial charge in [0, 0.05) is 5.69 Å². The van der Waals surface area contributed by atoms with Crippen LogP contribution in [-0.4, -0.2) is 14.6 Å². The van der Waals surface area contributed by atoms with Crippen LogP contribution in [0.3, 0.4) is 0 Å². The topological polar surface area (TPSA) is 30.2 Å². The van der Waals surface area contributed by atoms with E-state index in [1.54, 1.807) is 0 Å². The molecule has 0 unspecified atom stereocenters. The molecule has 0 aliphatic rings. The summed E-state index contributed by atoms with van der Waals surface area (Å²) in [5, 5.41) is 8.13. The van der Waals surface area contributed by atoms with E-state index in [2.05, 4.69) is 27.6 Å². The van der Waals surface area contributed by atoms with Crippen LogP contribution in [-0.2, 0) is 6.42 Å². The van der Waals surface area contributed by atoms with E-state index in [9.17, 15) is 0 Å². The molecule has 15 heavy (non-hydrogen) atoms. The third kappa shape index (κ3) is 2.35. The van der Waals surface area contributed by atoms with Crippen molar-refractivity contribution in [3.63, 3.8) is 0 Å². The standard InChI is InChI=1S/C10H13N3.C2H6/c1-3-5-9-6-4-7-10-12-11-8(2)13(9)10;1-2/h4,6-7H,3,5H2,1-2H3;1-2H3. The zero-order valence-corrected chi connectivity index (χ0v) is 9.99. The Kier molecular flexibility index (Phi) is 4.28. The summed E-state index contributed by atoms with van der Waals surface area (Å²) in [4.78, 5) is 0. The molecule has 0 atom stereocenters.